The number of carbonyl (C=O) groups excluding carboxylic acids is 1. The second-order valence-corrected chi connectivity index (χ2v) is 4.53. The van der Waals surface area contributed by atoms with Crippen molar-refractivity contribution in [3.8, 4) is 0 Å². The van der Waals surface area contributed by atoms with E-state index in [0.29, 0.717) is 5.56 Å². The molecular formula is C14H15FN4O. The summed E-state index contributed by atoms with van der Waals surface area (Å²) in [6.45, 7) is 3.74. The number of nitrogens with zero attached hydrogens (tertiary/aromatic N) is 2. The number of benzene rings is 1. The van der Waals surface area contributed by atoms with Crippen LogP contribution in [-0.4, -0.2) is 21.9 Å². The molecule has 5 nitrogen and oxygen atoms in total. The molecule has 104 valence electrons. The Bertz CT molecular complexity index is 598. The lowest BCUT2D eigenvalue weighted by Crippen LogP contribution is -2.30. The average molecular weight is 274 g/mol. The Morgan fingerprint density at radius 2 is 1.85 bits per heavy atom. The van der Waals surface area contributed by atoms with E-state index in [1.54, 1.807) is 18.2 Å². The molecule has 1 aromatic carbocycles. The number of aromatic nitrogens is 2. The van der Waals surface area contributed by atoms with E-state index < -0.39 is 5.82 Å². The minimum Gasteiger partial charge on any atom is -0.350 e. The summed E-state index contributed by atoms with van der Waals surface area (Å²) in [4.78, 5) is 19.7. The highest BCUT2D eigenvalue weighted by atomic mass is 19.1. The fraction of sp³-hybridized carbons (Fsp3) is 0.214. The van der Waals surface area contributed by atoms with Crippen LogP contribution in [0.5, 0.6) is 0 Å². The second kappa shape index (κ2) is 6.10. The van der Waals surface area contributed by atoms with Crippen LogP contribution in [0.1, 0.15) is 24.2 Å². The molecule has 1 heterocycles. The third-order valence-corrected chi connectivity index (χ3v) is 2.45. The molecule has 20 heavy (non-hydrogen) atoms. The number of halogens is 1. The Hall–Kier alpha value is -2.50. The minimum atomic E-state index is -0.391. The maximum absolute atomic E-state index is 13.4. The molecule has 0 aliphatic heterocycles. The van der Waals surface area contributed by atoms with Gasteiger partial charge < -0.3 is 10.6 Å². The third-order valence-electron chi connectivity index (χ3n) is 2.45. The van der Waals surface area contributed by atoms with Crippen LogP contribution in [0.25, 0.3) is 0 Å². The van der Waals surface area contributed by atoms with Crippen molar-refractivity contribution in [3.05, 3.63) is 48.0 Å². The summed E-state index contributed by atoms with van der Waals surface area (Å²) >= 11 is 0. The molecule has 0 unspecified atom stereocenters. The van der Waals surface area contributed by atoms with Crippen molar-refractivity contribution in [1.29, 1.82) is 0 Å². The lowest BCUT2D eigenvalue weighted by Gasteiger charge is -2.08. The van der Waals surface area contributed by atoms with Crippen molar-refractivity contribution in [1.82, 2.24) is 15.3 Å². The van der Waals surface area contributed by atoms with Gasteiger partial charge in [-0.2, -0.15) is 0 Å². The van der Waals surface area contributed by atoms with Gasteiger partial charge in [0.25, 0.3) is 5.91 Å². The van der Waals surface area contributed by atoms with Crippen LogP contribution in [0, 0.1) is 5.82 Å². The number of anilines is 2. The van der Waals surface area contributed by atoms with E-state index in [9.17, 15) is 9.18 Å². The Morgan fingerprint density at radius 3 is 2.45 bits per heavy atom. The summed E-state index contributed by atoms with van der Waals surface area (Å²) in [7, 11) is 0. The third kappa shape index (κ3) is 3.50. The number of nitrogens with one attached hydrogen (secondary N) is 2. The SMILES string of the molecule is CC(C)NC(=O)c1cnc(Nc2ccccc2F)nc1. The predicted molar refractivity (Wildman–Crippen MR) is 74.3 cm³/mol. The largest absolute Gasteiger partial charge is 0.350 e. The molecule has 0 fully saturated rings. The standard InChI is InChI=1S/C14H15FN4O/c1-9(2)18-13(20)10-7-16-14(17-8-10)19-12-6-4-3-5-11(12)15/h3-9H,1-2H3,(H,18,20)(H,16,17,19). The fourth-order valence-electron chi connectivity index (χ4n) is 1.54. The fourth-order valence-corrected chi connectivity index (χ4v) is 1.54. The predicted octanol–water partition coefficient (Wildman–Crippen LogP) is 2.50. The van der Waals surface area contributed by atoms with Crippen molar-refractivity contribution in [2.45, 2.75) is 19.9 Å². The highest BCUT2D eigenvalue weighted by Gasteiger charge is 2.09. The van der Waals surface area contributed by atoms with Crippen molar-refractivity contribution < 1.29 is 9.18 Å². The summed E-state index contributed by atoms with van der Waals surface area (Å²) in [6, 6.07) is 6.26. The Labute approximate surface area is 116 Å². The van der Waals surface area contributed by atoms with E-state index >= 15 is 0 Å². The summed E-state index contributed by atoms with van der Waals surface area (Å²) < 4.78 is 13.4. The van der Waals surface area contributed by atoms with Crippen molar-refractivity contribution >= 4 is 17.5 Å². The minimum absolute atomic E-state index is 0.0405. The second-order valence-electron chi connectivity index (χ2n) is 4.53. The molecule has 2 aromatic rings. The lowest BCUT2D eigenvalue weighted by atomic mass is 10.3. The molecule has 1 aromatic heterocycles. The van der Waals surface area contributed by atoms with E-state index in [1.807, 2.05) is 13.8 Å². The molecule has 0 saturated heterocycles. The maximum atomic E-state index is 13.4. The van der Waals surface area contributed by atoms with Gasteiger partial charge in [-0.25, -0.2) is 14.4 Å². The number of carbonyl (C=O) groups is 1. The van der Waals surface area contributed by atoms with Gasteiger partial charge in [0.05, 0.1) is 11.3 Å². The summed E-state index contributed by atoms with van der Waals surface area (Å²) in [5.41, 5.74) is 0.643. The first-order valence-electron chi connectivity index (χ1n) is 6.20. The first-order valence-corrected chi connectivity index (χ1v) is 6.20. The molecule has 0 spiro atoms. The van der Waals surface area contributed by atoms with E-state index in [2.05, 4.69) is 20.6 Å². The van der Waals surface area contributed by atoms with E-state index in [-0.39, 0.29) is 23.6 Å². The van der Waals surface area contributed by atoms with Crippen LogP contribution < -0.4 is 10.6 Å². The molecule has 0 bridgehead atoms. The number of amides is 1. The molecule has 6 heteroatoms. The van der Waals surface area contributed by atoms with Crippen LogP contribution >= 0.6 is 0 Å². The average Bonchev–Trinajstić information content (AvgIpc) is 2.41. The van der Waals surface area contributed by atoms with Crippen LogP contribution in [0.2, 0.25) is 0 Å². The van der Waals surface area contributed by atoms with Crippen molar-refractivity contribution in [2.75, 3.05) is 5.32 Å². The van der Waals surface area contributed by atoms with Crippen molar-refractivity contribution in [3.63, 3.8) is 0 Å². The number of hydrogen-bond donors (Lipinski definition) is 2. The van der Waals surface area contributed by atoms with Crippen LogP contribution in [-0.2, 0) is 0 Å². The molecule has 0 radical (unpaired) electrons. The zero-order chi connectivity index (χ0) is 14.5. The van der Waals surface area contributed by atoms with Crippen molar-refractivity contribution in [2.24, 2.45) is 0 Å². The highest BCUT2D eigenvalue weighted by Crippen LogP contribution is 2.16. The molecule has 2 N–H and O–H groups in total. The van der Waals surface area contributed by atoms with Gasteiger partial charge in [-0.15, -0.1) is 0 Å². The molecule has 0 aliphatic rings. The van der Waals surface area contributed by atoms with E-state index in [4.69, 9.17) is 0 Å². The Morgan fingerprint density at radius 1 is 1.20 bits per heavy atom. The zero-order valence-electron chi connectivity index (χ0n) is 11.2. The Balaban J connectivity index is 2.09. The zero-order valence-corrected chi connectivity index (χ0v) is 11.2. The maximum Gasteiger partial charge on any atom is 0.254 e. The first-order chi connectivity index (χ1) is 9.56. The summed E-state index contributed by atoms with van der Waals surface area (Å²) in [5, 5.41) is 5.49. The van der Waals surface area contributed by atoms with Crippen LogP contribution in [0.4, 0.5) is 16.0 Å². The van der Waals surface area contributed by atoms with E-state index in [1.165, 1.54) is 18.5 Å². The lowest BCUT2D eigenvalue weighted by molar-refractivity contribution is 0.0942. The molecule has 0 saturated carbocycles. The van der Waals surface area contributed by atoms with Gasteiger partial charge in [-0.05, 0) is 26.0 Å². The van der Waals surface area contributed by atoms with Crippen LogP contribution in [0.3, 0.4) is 0 Å². The van der Waals surface area contributed by atoms with Gasteiger partial charge in [0.2, 0.25) is 5.95 Å². The number of hydrogen-bond acceptors (Lipinski definition) is 4. The summed E-state index contributed by atoms with van der Waals surface area (Å²) in [5.74, 6) is -0.397. The molecule has 0 aliphatic carbocycles. The van der Waals surface area contributed by atoms with E-state index in [0.717, 1.165) is 0 Å². The number of rotatable bonds is 4. The highest BCUT2D eigenvalue weighted by molar-refractivity contribution is 5.93. The van der Waals surface area contributed by atoms with Crippen LogP contribution in [0.15, 0.2) is 36.7 Å². The van der Waals surface area contributed by atoms with Gasteiger partial charge >= 0.3 is 0 Å². The first kappa shape index (κ1) is 13.9. The van der Waals surface area contributed by atoms with Gasteiger partial charge in [0.1, 0.15) is 5.82 Å². The number of para-hydroxylation sites is 1. The monoisotopic (exact) mass is 274 g/mol. The molecule has 0 atom stereocenters. The normalized spacial score (nSPS) is 10.4. The van der Waals surface area contributed by atoms with Gasteiger partial charge in [-0.3, -0.25) is 4.79 Å². The smallest absolute Gasteiger partial charge is 0.254 e. The molecule has 1 amide bonds. The molecular weight excluding hydrogens is 259 g/mol. The topological polar surface area (TPSA) is 66.9 Å². The van der Waals surface area contributed by atoms with Gasteiger partial charge in [-0.1, -0.05) is 12.1 Å². The van der Waals surface area contributed by atoms with Gasteiger partial charge in [0, 0.05) is 18.4 Å². The Kier molecular flexibility index (Phi) is 4.24. The summed E-state index contributed by atoms with van der Waals surface area (Å²) in [6.07, 6.45) is 2.79. The van der Waals surface area contributed by atoms with Gasteiger partial charge in [0.15, 0.2) is 0 Å². The molecule has 2 rings (SSSR count). The quantitative estimate of drug-likeness (QED) is 0.899.